The lowest BCUT2D eigenvalue weighted by Gasteiger charge is -2.15. The average molecular weight is 306 g/mol. The van der Waals surface area contributed by atoms with E-state index in [4.69, 9.17) is 0 Å². The monoisotopic (exact) mass is 306 g/mol. The number of hydrogen-bond acceptors (Lipinski definition) is 10. The Bertz CT molecular complexity index is 605. The van der Waals surface area contributed by atoms with E-state index in [1.807, 2.05) is 0 Å². The largest absolute Gasteiger partial charge is 0.607 e. The zero-order valence-corrected chi connectivity index (χ0v) is 9.34. The van der Waals surface area contributed by atoms with Gasteiger partial charge in [0.1, 0.15) is 19.7 Å². The maximum Gasteiger partial charge on any atom is 0.607 e. The number of aliphatic imine (C=N–C) groups is 2. The molecule has 0 atom stereocenters. The van der Waals surface area contributed by atoms with Crippen LogP contribution < -0.4 is 0 Å². The van der Waals surface area contributed by atoms with Gasteiger partial charge in [-0.2, -0.15) is 9.98 Å². The molecule has 0 saturated heterocycles. The van der Waals surface area contributed by atoms with Crippen LogP contribution in [0.1, 0.15) is 0 Å². The Kier molecular flexibility index (Phi) is 3.47. The Balaban J connectivity index is 3.70. The first-order valence-corrected chi connectivity index (χ1v) is 4.45. The van der Waals surface area contributed by atoms with Crippen molar-refractivity contribution in [3.05, 3.63) is 52.1 Å². The van der Waals surface area contributed by atoms with Crippen LogP contribution in [-0.4, -0.2) is 47.4 Å². The molecule has 112 valence electrons. The van der Waals surface area contributed by atoms with E-state index in [9.17, 15) is 50.7 Å². The minimum absolute atomic E-state index is 1.54. The number of aliphatic hydroxyl groups is 2. The van der Waals surface area contributed by atoms with Gasteiger partial charge in [0.15, 0.2) is 0 Å². The second-order valence-corrected chi connectivity index (χ2v) is 3.22. The van der Waals surface area contributed by atoms with Crippen LogP contribution >= 0.6 is 0 Å². The quantitative estimate of drug-likeness (QED) is 0.358. The van der Waals surface area contributed by atoms with Crippen molar-refractivity contribution in [3.8, 4) is 0 Å². The van der Waals surface area contributed by atoms with E-state index in [1.54, 1.807) is 0 Å². The second kappa shape index (κ2) is 4.75. The molecule has 2 N–H and O–H groups in total. The Labute approximate surface area is 110 Å². The molecule has 0 aromatic heterocycles. The van der Waals surface area contributed by atoms with Gasteiger partial charge in [-0.15, -0.1) is 0 Å². The van der Waals surface area contributed by atoms with Crippen molar-refractivity contribution in [3.63, 3.8) is 0 Å². The molecular formula is C5H2N6O10. The molecule has 0 amide bonds. The summed E-state index contributed by atoms with van der Waals surface area (Å²) < 4.78 is 0. The number of nitro groups is 4. The summed E-state index contributed by atoms with van der Waals surface area (Å²) in [6, 6.07) is 0. The fraction of sp³-hybridized carbons (Fsp3) is 0.200. The van der Waals surface area contributed by atoms with Gasteiger partial charge >= 0.3 is 29.1 Å². The molecule has 0 aromatic carbocycles. The summed E-state index contributed by atoms with van der Waals surface area (Å²) in [5.41, 5.74) is -3.89. The summed E-state index contributed by atoms with van der Waals surface area (Å²) in [5, 5.41) is 60.7. The highest BCUT2D eigenvalue weighted by Gasteiger charge is 2.71. The lowest BCUT2D eigenvalue weighted by atomic mass is 10.1. The van der Waals surface area contributed by atoms with E-state index in [1.165, 1.54) is 0 Å². The van der Waals surface area contributed by atoms with Crippen LogP contribution in [0.3, 0.4) is 0 Å². The van der Waals surface area contributed by atoms with Crippen molar-refractivity contribution < 1.29 is 29.9 Å². The van der Waals surface area contributed by atoms with Crippen molar-refractivity contribution in [1.29, 1.82) is 0 Å². The lowest BCUT2D eigenvalue weighted by Crippen LogP contribution is -2.60. The first kappa shape index (κ1) is 15.3. The summed E-state index contributed by atoms with van der Waals surface area (Å²) in [4.78, 5) is 40.6. The SMILES string of the molecule is O=[N+]([O-])C(=C1N=C(O)C([N+](=O)[O-])([N+](=O)[O-])C(O)=N1)[N+](=O)[O-]. The second-order valence-electron chi connectivity index (χ2n) is 3.22. The minimum atomic E-state index is -3.89. The maximum atomic E-state index is 10.7. The fourth-order valence-electron chi connectivity index (χ4n) is 1.20. The molecule has 16 heteroatoms. The number of aliphatic hydroxyl groups excluding tert-OH is 2. The van der Waals surface area contributed by atoms with Crippen LogP contribution in [0, 0.1) is 40.5 Å². The predicted molar refractivity (Wildman–Crippen MR) is 57.9 cm³/mol. The van der Waals surface area contributed by atoms with E-state index >= 15 is 0 Å². The van der Waals surface area contributed by atoms with E-state index in [0.29, 0.717) is 0 Å². The van der Waals surface area contributed by atoms with Crippen molar-refractivity contribution in [2.45, 2.75) is 5.66 Å². The third-order valence-electron chi connectivity index (χ3n) is 2.12. The normalized spacial score (nSPS) is 16.5. The van der Waals surface area contributed by atoms with Crippen molar-refractivity contribution in [2.75, 3.05) is 0 Å². The molecule has 1 rings (SSSR count). The standard InChI is InChI=1S/C5H2N6O10/c12-3-5(10(18)19,11(20)21)4(13)7-1(6-3)2(8(14)15)9(16)17/h(H,6,12)(H,7,13). The Morgan fingerprint density at radius 1 is 0.857 bits per heavy atom. The number of hydrogen-bond donors (Lipinski definition) is 2. The smallest absolute Gasteiger partial charge is 0.485 e. The summed E-state index contributed by atoms with van der Waals surface area (Å²) in [5.74, 6) is -7.55. The highest BCUT2D eigenvalue weighted by molar-refractivity contribution is 6.06. The molecule has 16 nitrogen and oxygen atoms in total. The van der Waals surface area contributed by atoms with Gasteiger partial charge in [-0.1, -0.05) is 0 Å². The van der Waals surface area contributed by atoms with Gasteiger partial charge in [-0.3, -0.25) is 40.5 Å². The molecule has 21 heavy (non-hydrogen) atoms. The summed E-state index contributed by atoms with van der Waals surface area (Å²) >= 11 is 0. The molecule has 0 fully saturated rings. The van der Waals surface area contributed by atoms with Gasteiger partial charge in [-0.05, 0) is 0 Å². The molecule has 0 radical (unpaired) electrons. The Morgan fingerprint density at radius 2 is 1.19 bits per heavy atom. The third kappa shape index (κ3) is 2.05. The molecule has 1 aliphatic heterocycles. The fourth-order valence-corrected chi connectivity index (χ4v) is 1.20. The first-order valence-electron chi connectivity index (χ1n) is 4.45. The van der Waals surface area contributed by atoms with Crippen LogP contribution in [0.5, 0.6) is 0 Å². The highest BCUT2D eigenvalue weighted by atomic mass is 16.7. The van der Waals surface area contributed by atoms with E-state index in [-0.39, 0.29) is 0 Å². The van der Waals surface area contributed by atoms with Crippen molar-refractivity contribution in [1.82, 2.24) is 0 Å². The van der Waals surface area contributed by atoms with Gasteiger partial charge in [0, 0.05) is 0 Å². The van der Waals surface area contributed by atoms with Crippen LogP contribution in [0.15, 0.2) is 21.6 Å². The molecule has 1 aliphatic rings. The maximum absolute atomic E-state index is 10.7. The third-order valence-corrected chi connectivity index (χ3v) is 2.12. The van der Waals surface area contributed by atoms with Gasteiger partial charge in [0.25, 0.3) is 0 Å². The molecule has 0 bridgehead atoms. The van der Waals surface area contributed by atoms with Crippen LogP contribution in [0.4, 0.5) is 0 Å². The van der Waals surface area contributed by atoms with Gasteiger partial charge in [0.2, 0.25) is 0 Å². The summed E-state index contributed by atoms with van der Waals surface area (Å²) in [6.07, 6.45) is 0. The van der Waals surface area contributed by atoms with Gasteiger partial charge in [-0.25, -0.2) is 0 Å². The van der Waals surface area contributed by atoms with E-state index < -0.39 is 48.8 Å². The topological polar surface area (TPSA) is 238 Å². The van der Waals surface area contributed by atoms with Gasteiger partial charge < -0.3 is 10.2 Å². The van der Waals surface area contributed by atoms with Crippen LogP contribution in [-0.2, 0) is 0 Å². The first-order chi connectivity index (χ1) is 9.56. The van der Waals surface area contributed by atoms with E-state index in [2.05, 4.69) is 9.98 Å². The van der Waals surface area contributed by atoms with Gasteiger partial charge in [0.05, 0.1) is 0 Å². The van der Waals surface area contributed by atoms with Crippen LogP contribution in [0.2, 0.25) is 0 Å². The highest BCUT2D eigenvalue weighted by Crippen LogP contribution is 2.24. The zero-order chi connectivity index (χ0) is 16.5. The number of rotatable bonds is 4. The molecule has 0 spiro atoms. The van der Waals surface area contributed by atoms with Crippen molar-refractivity contribution >= 4 is 11.8 Å². The van der Waals surface area contributed by atoms with E-state index in [0.717, 1.165) is 0 Å². The average Bonchev–Trinajstić information content (AvgIpc) is 2.25. The number of nitrogens with zero attached hydrogens (tertiary/aromatic N) is 6. The molecule has 0 aliphatic carbocycles. The summed E-state index contributed by atoms with van der Waals surface area (Å²) in [7, 11) is 0. The van der Waals surface area contributed by atoms with Crippen molar-refractivity contribution in [2.24, 2.45) is 9.98 Å². The summed E-state index contributed by atoms with van der Waals surface area (Å²) in [6.45, 7) is 0. The van der Waals surface area contributed by atoms with Crippen LogP contribution in [0.25, 0.3) is 0 Å². The Hall–Kier alpha value is -3.72. The lowest BCUT2D eigenvalue weighted by molar-refractivity contribution is -0.752. The molecule has 0 aromatic rings. The predicted octanol–water partition coefficient (Wildman–Crippen LogP) is -1.16. The zero-order valence-electron chi connectivity index (χ0n) is 9.34. The molecule has 0 unspecified atom stereocenters. The Morgan fingerprint density at radius 3 is 1.43 bits per heavy atom. The molecular weight excluding hydrogens is 304 g/mol. The molecule has 1 heterocycles. The molecule has 0 saturated carbocycles. The minimum Gasteiger partial charge on any atom is -0.485 e.